The molecule has 4 heteroatoms. The van der Waals surface area contributed by atoms with Gasteiger partial charge in [-0.05, 0) is 76.3 Å². The lowest BCUT2D eigenvalue weighted by Crippen LogP contribution is -2.01. The van der Waals surface area contributed by atoms with Crippen molar-refractivity contribution in [1.29, 1.82) is 0 Å². The summed E-state index contributed by atoms with van der Waals surface area (Å²) in [7, 11) is 0. The van der Waals surface area contributed by atoms with E-state index in [2.05, 4.69) is 156 Å². The van der Waals surface area contributed by atoms with E-state index in [9.17, 15) is 0 Å². The molecule has 10 aromatic rings. The first-order chi connectivity index (χ1) is 24.8. The Hall–Kier alpha value is -6.65. The number of para-hydroxylation sites is 3. The number of fused-ring (bicyclic) bond motifs is 8. The number of benzene rings is 8. The maximum Gasteiger partial charge on any atom is 0.154 e. The number of hydrogen-bond acceptors (Lipinski definition) is 3. The highest BCUT2D eigenvalue weighted by Gasteiger charge is 2.23. The average Bonchev–Trinajstić information content (AvgIpc) is 3.71. The Morgan fingerprint density at radius 2 is 1.26 bits per heavy atom. The largest absolute Gasteiger partial charge is 0.486 e. The van der Waals surface area contributed by atoms with Gasteiger partial charge in [0.05, 0.1) is 16.4 Å². The maximum atomic E-state index is 7.13. The summed E-state index contributed by atoms with van der Waals surface area (Å²) in [5.74, 6) is 0.683. The van der Waals surface area contributed by atoms with E-state index in [0.29, 0.717) is 18.0 Å². The normalized spacial score (nSPS) is 11.8. The van der Waals surface area contributed by atoms with Crippen LogP contribution in [0.25, 0.3) is 82.1 Å². The molecule has 236 valence electrons. The fourth-order valence-corrected chi connectivity index (χ4v) is 7.76. The Bertz CT molecular complexity index is 2950. The third-order valence-electron chi connectivity index (χ3n) is 9.98. The molecule has 0 saturated carbocycles. The van der Waals surface area contributed by atoms with Gasteiger partial charge in [0, 0.05) is 33.0 Å². The zero-order valence-corrected chi connectivity index (χ0v) is 27.1. The van der Waals surface area contributed by atoms with Crippen molar-refractivity contribution in [2.75, 3.05) is 0 Å². The molecule has 0 spiro atoms. The molecule has 0 radical (unpaired) electrons. The van der Waals surface area contributed by atoms with Crippen LogP contribution in [0.2, 0.25) is 0 Å². The van der Waals surface area contributed by atoms with Crippen molar-refractivity contribution in [2.24, 2.45) is 4.99 Å². The molecule has 2 aromatic heterocycles. The van der Waals surface area contributed by atoms with Crippen LogP contribution in [-0.2, 0) is 6.61 Å². The van der Waals surface area contributed by atoms with E-state index >= 15 is 0 Å². The van der Waals surface area contributed by atoms with Crippen molar-refractivity contribution in [2.45, 2.75) is 6.61 Å². The summed E-state index contributed by atoms with van der Waals surface area (Å²) >= 11 is 0. The van der Waals surface area contributed by atoms with Crippen molar-refractivity contribution in [3.05, 3.63) is 163 Å². The van der Waals surface area contributed by atoms with Crippen molar-refractivity contribution in [1.82, 2.24) is 4.57 Å². The van der Waals surface area contributed by atoms with Crippen LogP contribution >= 0.6 is 0 Å². The second-order valence-corrected chi connectivity index (χ2v) is 12.7. The highest BCUT2D eigenvalue weighted by atomic mass is 16.5. The fraction of sp³-hybridized carbons (Fsp3) is 0.0217. The standard InChI is InChI=1S/C46H30N2O2/c1-47-45-44-36-20-10-12-22-41(36)50-42(44)27-37(32-24-23-29-13-5-6-14-30(29)25-32)46(45)49-28-38-34-18-8-7-15-31(34)26-40-43(38)35-19-9-11-21-39(35)48(40)33-16-3-2-4-17-33/h2-27H,1,28H2. The Balaban J connectivity index is 1.24. The maximum absolute atomic E-state index is 7.13. The number of furan rings is 1. The predicted octanol–water partition coefficient (Wildman–Crippen LogP) is 12.6. The van der Waals surface area contributed by atoms with Crippen molar-refractivity contribution in [3.63, 3.8) is 0 Å². The summed E-state index contributed by atoms with van der Waals surface area (Å²) in [6.07, 6.45) is 0. The monoisotopic (exact) mass is 642 g/mol. The summed E-state index contributed by atoms with van der Waals surface area (Å²) in [5, 5.41) is 8.90. The van der Waals surface area contributed by atoms with Gasteiger partial charge >= 0.3 is 0 Å². The zero-order chi connectivity index (χ0) is 33.2. The number of nitrogens with zero attached hydrogens (tertiary/aromatic N) is 2. The first kappa shape index (κ1) is 28.4. The predicted molar refractivity (Wildman–Crippen MR) is 208 cm³/mol. The fourth-order valence-electron chi connectivity index (χ4n) is 7.76. The van der Waals surface area contributed by atoms with Crippen LogP contribution < -0.4 is 4.74 Å². The minimum Gasteiger partial charge on any atom is -0.486 e. The molecule has 0 aliphatic carbocycles. The number of ether oxygens (including phenoxy) is 1. The first-order valence-electron chi connectivity index (χ1n) is 16.8. The summed E-state index contributed by atoms with van der Waals surface area (Å²) in [6.45, 7) is 4.39. The molecule has 0 N–H and O–H groups in total. The molecular formula is C46H30N2O2. The first-order valence-corrected chi connectivity index (χ1v) is 16.8. The Labute approximate surface area is 288 Å². The number of aliphatic imine (C=N–C) groups is 1. The second-order valence-electron chi connectivity index (χ2n) is 12.7. The topological polar surface area (TPSA) is 39.7 Å². The lowest BCUT2D eigenvalue weighted by molar-refractivity contribution is 0.312. The van der Waals surface area contributed by atoms with Crippen LogP contribution in [-0.4, -0.2) is 11.3 Å². The lowest BCUT2D eigenvalue weighted by Gasteiger charge is -2.17. The molecular weight excluding hydrogens is 613 g/mol. The van der Waals surface area contributed by atoms with Crippen LogP contribution in [0.4, 0.5) is 5.69 Å². The lowest BCUT2D eigenvalue weighted by atomic mass is 9.97. The van der Waals surface area contributed by atoms with Gasteiger partial charge in [-0.15, -0.1) is 0 Å². The molecule has 0 bridgehead atoms. The van der Waals surface area contributed by atoms with Gasteiger partial charge in [-0.3, -0.25) is 4.99 Å². The smallest absolute Gasteiger partial charge is 0.154 e. The molecule has 10 rings (SSSR count). The Kier molecular flexibility index (Phi) is 6.36. The van der Waals surface area contributed by atoms with Gasteiger partial charge in [-0.1, -0.05) is 115 Å². The average molecular weight is 643 g/mol. The van der Waals surface area contributed by atoms with Gasteiger partial charge in [0.2, 0.25) is 0 Å². The quantitative estimate of drug-likeness (QED) is 0.169. The zero-order valence-electron chi connectivity index (χ0n) is 27.1. The molecule has 0 aliphatic heterocycles. The van der Waals surface area contributed by atoms with Gasteiger partial charge in [-0.25, -0.2) is 0 Å². The Morgan fingerprint density at radius 1 is 0.560 bits per heavy atom. The molecule has 0 aliphatic rings. The van der Waals surface area contributed by atoms with E-state index in [1.165, 1.54) is 16.2 Å². The van der Waals surface area contributed by atoms with E-state index < -0.39 is 0 Å². The molecule has 4 nitrogen and oxygen atoms in total. The summed E-state index contributed by atoms with van der Waals surface area (Å²) in [5.41, 5.74) is 8.71. The highest BCUT2D eigenvalue weighted by molar-refractivity contribution is 6.17. The molecule has 0 amide bonds. The van der Waals surface area contributed by atoms with E-state index in [1.807, 2.05) is 18.2 Å². The van der Waals surface area contributed by atoms with E-state index in [1.54, 1.807) is 0 Å². The van der Waals surface area contributed by atoms with Crippen molar-refractivity contribution in [3.8, 4) is 22.6 Å². The van der Waals surface area contributed by atoms with Gasteiger partial charge < -0.3 is 13.7 Å². The van der Waals surface area contributed by atoms with Gasteiger partial charge in [-0.2, -0.15) is 0 Å². The third kappa shape index (κ3) is 4.28. The molecule has 2 heterocycles. The van der Waals surface area contributed by atoms with Gasteiger partial charge in [0.25, 0.3) is 0 Å². The van der Waals surface area contributed by atoms with E-state index in [4.69, 9.17) is 9.15 Å². The van der Waals surface area contributed by atoms with Gasteiger partial charge in [0.1, 0.15) is 23.5 Å². The summed E-state index contributed by atoms with van der Waals surface area (Å²) in [6, 6.07) is 55.2. The minimum absolute atomic E-state index is 0.324. The summed E-state index contributed by atoms with van der Waals surface area (Å²) in [4.78, 5) is 4.66. The van der Waals surface area contributed by atoms with Crippen LogP contribution in [0, 0.1) is 0 Å². The third-order valence-corrected chi connectivity index (χ3v) is 9.98. The van der Waals surface area contributed by atoms with Crippen LogP contribution in [0.5, 0.6) is 5.75 Å². The second kappa shape index (κ2) is 11.2. The summed E-state index contributed by atoms with van der Waals surface area (Å²) < 4.78 is 15.9. The molecule has 0 fully saturated rings. The molecule has 50 heavy (non-hydrogen) atoms. The van der Waals surface area contributed by atoms with Crippen LogP contribution in [0.1, 0.15) is 5.56 Å². The Morgan fingerprint density at radius 3 is 2.10 bits per heavy atom. The van der Waals surface area contributed by atoms with E-state index in [0.717, 1.165) is 71.5 Å². The molecule has 0 saturated heterocycles. The van der Waals surface area contributed by atoms with Crippen molar-refractivity contribution >= 4 is 77.7 Å². The highest BCUT2D eigenvalue weighted by Crippen LogP contribution is 2.49. The molecule has 0 unspecified atom stereocenters. The number of aromatic nitrogens is 1. The van der Waals surface area contributed by atoms with Crippen molar-refractivity contribution < 1.29 is 9.15 Å². The van der Waals surface area contributed by atoms with Crippen LogP contribution in [0.3, 0.4) is 0 Å². The molecule has 8 aromatic carbocycles. The SMILES string of the molecule is C=Nc1c(OCc2c3ccccc3cc3c2c2ccccc2n3-c2ccccc2)c(-c2ccc3ccccc3c2)cc2oc3ccccc3c12. The number of hydrogen-bond donors (Lipinski definition) is 0. The van der Waals surface area contributed by atoms with Crippen LogP contribution in [0.15, 0.2) is 167 Å². The van der Waals surface area contributed by atoms with Gasteiger partial charge in [0.15, 0.2) is 5.75 Å². The van der Waals surface area contributed by atoms with E-state index in [-0.39, 0.29) is 0 Å². The minimum atomic E-state index is 0.324. The molecule has 0 atom stereocenters. The number of rotatable bonds is 6.